The van der Waals surface area contributed by atoms with E-state index in [1.807, 2.05) is 11.8 Å². The lowest BCUT2D eigenvalue weighted by atomic mass is 9.90. The third kappa shape index (κ3) is 1.77. The van der Waals surface area contributed by atoms with Gasteiger partial charge in [-0.25, -0.2) is 0 Å². The van der Waals surface area contributed by atoms with Crippen molar-refractivity contribution < 1.29 is 9.53 Å². The van der Waals surface area contributed by atoms with Crippen LogP contribution >= 0.6 is 11.8 Å². The number of hydrogen-bond acceptors (Lipinski definition) is 3. The molecule has 2 atom stereocenters. The Morgan fingerprint density at radius 1 is 1.62 bits per heavy atom. The molecule has 2 nitrogen and oxygen atoms in total. The second-order valence-electron chi connectivity index (χ2n) is 4.11. The summed E-state index contributed by atoms with van der Waals surface area (Å²) in [4.78, 5) is 12.1. The van der Waals surface area contributed by atoms with E-state index in [9.17, 15) is 4.79 Å². The van der Waals surface area contributed by atoms with Crippen LogP contribution in [0.5, 0.6) is 0 Å². The lowest BCUT2D eigenvalue weighted by Crippen LogP contribution is -2.35. The van der Waals surface area contributed by atoms with Gasteiger partial charge in [0.05, 0.1) is 11.4 Å². The van der Waals surface area contributed by atoms with Crippen molar-refractivity contribution in [3.05, 3.63) is 0 Å². The highest BCUT2D eigenvalue weighted by Gasteiger charge is 2.41. The summed E-state index contributed by atoms with van der Waals surface area (Å²) in [6.07, 6.45) is 3.20. The van der Waals surface area contributed by atoms with E-state index < -0.39 is 0 Å². The van der Waals surface area contributed by atoms with Crippen LogP contribution in [-0.4, -0.2) is 29.5 Å². The molecule has 2 aliphatic rings. The maximum atomic E-state index is 12.1. The predicted molar refractivity (Wildman–Crippen MR) is 54.0 cm³/mol. The van der Waals surface area contributed by atoms with Crippen LogP contribution in [0.25, 0.3) is 0 Å². The van der Waals surface area contributed by atoms with Crippen LogP contribution in [0, 0.1) is 5.92 Å². The largest absolute Gasteiger partial charge is 0.381 e. The minimum absolute atomic E-state index is 0.0850. The Morgan fingerprint density at radius 3 is 3.00 bits per heavy atom. The average molecular weight is 200 g/mol. The average Bonchev–Trinajstić information content (AvgIpc) is 2.73. The molecular formula is C10H16O2S. The van der Waals surface area contributed by atoms with Crippen molar-refractivity contribution in [3.63, 3.8) is 0 Å². The summed E-state index contributed by atoms with van der Waals surface area (Å²) in [6, 6.07) is 0. The number of hydrogen-bond donors (Lipinski definition) is 0. The predicted octanol–water partition coefficient (Wildman–Crippen LogP) is 1.88. The fourth-order valence-corrected chi connectivity index (χ4v) is 3.48. The first-order valence-electron chi connectivity index (χ1n) is 4.98. The molecule has 0 radical (unpaired) electrons. The first-order chi connectivity index (χ1) is 6.22. The Balaban J connectivity index is 2.02. The number of ether oxygens (including phenoxy) is 1. The van der Waals surface area contributed by atoms with Crippen molar-refractivity contribution in [1.82, 2.24) is 0 Å². The molecule has 0 N–H and O–H groups in total. The van der Waals surface area contributed by atoms with Crippen LogP contribution in [0.3, 0.4) is 0 Å². The van der Waals surface area contributed by atoms with Crippen molar-refractivity contribution in [3.8, 4) is 0 Å². The van der Waals surface area contributed by atoms with Gasteiger partial charge in [0.2, 0.25) is 0 Å². The van der Waals surface area contributed by atoms with E-state index in [1.54, 1.807) is 0 Å². The molecule has 0 saturated carbocycles. The quantitative estimate of drug-likeness (QED) is 0.681. The molecule has 2 aliphatic heterocycles. The highest BCUT2D eigenvalue weighted by Crippen LogP contribution is 2.41. The summed E-state index contributed by atoms with van der Waals surface area (Å²) < 4.78 is 5.17. The summed E-state index contributed by atoms with van der Waals surface area (Å²) in [5, 5.41) is 0. The fourth-order valence-electron chi connectivity index (χ4n) is 2.15. The van der Waals surface area contributed by atoms with Crippen molar-refractivity contribution >= 4 is 17.5 Å². The molecule has 0 aliphatic carbocycles. The first-order valence-corrected chi connectivity index (χ1v) is 5.97. The van der Waals surface area contributed by atoms with E-state index in [0.717, 1.165) is 25.2 Å². The van der Waals surface area contributed by atoms with Crippen LogP contribution < -0.4 is 0 Å². The summed E-state index contributed by atoms with van der Waals surface area (Å²) in [5.41, 5.74) is 0. The van der Waals surface area contributed by atoms with Crippen LogP contribution in [0.1, 0.15) is 26.2 Å². The van der Waals surface area contributed by atoms with Crippen molar-refractivity contribution in [1.29, 1.82) is 0 Å². The summed E-state index contributed by atoms with van der Waals surface area (Å²) >= 11 is 1.83. The van der Waals surface area contributed by atoms with E-state index in [2.05, 4.69) is 6.92 Å². The number of carbonyl (C=O) groups excluding carboxylic acids is 1. The number of rotatable bonds is 2. The zero-order chi connectivity index (χ0) is 9.31. The molecule has 0 aromatic heterocycles. The Labute approximate surface area is 83.4 Å². The van der Waals surface area contributed by atoms with E-state index in [1.165, 1.54) is 6.42 Å². The highest BCUT2D eigenvalue weighted by atomic mass is 32.2. The topological polar surface area (TPSA) is 26.3 Å². The van der Waals surface area contributed by atoms with Crippen LogP contribution in [0.15, 0.2) is 0 Å². The maximum Gasteiger partial charge on any atom is 0.154 e. The zero-order valence-electron chi connectivity index (χ0n) is 8.04. The van der Waals surface area contributed by atoms with Gasteiger partial charge in [-0.2, -0.15) is 0 Å². The number of thioether (sulfide) groups is 1. The highest BCUT2D eigenvalue weighted by molar-refractivity contribution is 8.01. The molecule has 13 heavy (non-hydrogen) atoms. The Bertz CT molecular complexity index is 203. The molecule has 0 bridgehead atoms. The summed E-state index contributed by atoms with van der Waals surface area (Å²) in [5.74, 6) is 1.78. The molecule has 0 aromatic rings. The van der Waals surface area contributed by atoms with Crippen molar-refractivity contribution in [2.24, 2.45) is 5.92 Å². The smallest absolute Gasteiger partial charge is 0.154 e. The molecule has 2 rings (SSSR count). The Hall–Kier alpha value is -0.0200. The molecule has 0 amide bonds. The zero-order valence-corrected chi connectivity index (χ0v) is 8.86. The van der Waals surface area contributed by atoms with Crippen molar-refractivity contribution in [2.75, 3.05) is 19.0 Å². The molecule has 0 spiro atoms. The molecule has 2 heterocycles. The molecule has 2 fully saturated rings. The van der Waals surface area contributed by atoms with Gasteiger partial charge in [0, 0.05) is 12.5 Å². The van der Waals surface area contributed by atoms with Crippen LogP contribution in [0.4, 0.5) is 0 Å². The lowest BCUT2D eigenvalue weighted by molar-refractivity contribution is -0.124. The van der Waals surface area contributed by atoms with Gasteiger partial charge in [0.25, 0.3) is 0 Å². The van der Waals surface area contributed by atoms with Gasteiger partial charge in [-0.05, 0) is 31.9 Å². The fraction of sp³-hybridized carbons (Fsp3) is 0.900. The van der Waals surface area contributed by atoms with Gasteiger partial charge in [-0.1, -0.05) is 0 Å². The molecular weight excluding hydrogens is 184 g/mol. The van der Waals surface area contributed by atoms with E-state index in [0.29, 0.717) is 12.4 Å². The van der Waals surface area contributed by atoms with E-state index in [-0.39, 0.29) is 10.7 Å². The normalized spacial score (nSPS) is 39.6. The molecule has 0 aromatic carbocycles. The maximum absolute atomic E-state index is 12.1. The van der Waals surface area contributed by atoms with Gasteiger partial charge < -0.3 is 4.74 Å². The Morgan fingerprint density at radius 2 is 2.46 bits per heavy atom. The van der Waals surface area contributed by atoms with Crippen LogP contribution in [-0.2, 0) is 9.53 Å². The molecule has 74 valence electrons. The summed E-state index contributed by atoms with van der Waals surface area (Å²) in [7, 11) is 0. The molecule has 2 saturated heterocycles. The lowest BCUT2D eigenvalue weighted by Gasteiger charge is -2.23. The van der Waals surface area contributed by atoms with Gasteiger partial charge >= 0.3 is 0 Å². The Kier molecular flexibility index (Phi) is 2.65. The number of carbonyl (C=O) groups is 1. The summed E-state index contributed by atoms with van der Waals surface area (Å²) in [6.45, 7) is 3.54. The number of Topliss-reactive ketones (excluding diaryl/α,β-unsaturated/α-hetero) is 1. The van der Waals surface area contributed by atoms with E-state index in [4.69, 9.17) is 4.74 Å². The second-order valence-corrected chi connectivity index (χ2v) is 5.71. The minimum atomic E-state index is -0.0850. The van der Waals surface area contributed by atoms with Crippen molar-refractivity contribution in [2.45, 2.75) is 30.9 Å². The van der Waals surface area contributed by atoms with Gasteiger partial charge in [-0.15, -0.1) is 11.8 Å². The van der Waals surface area contributed by atoms with Gasteiger partial charge in [0.1, 0.15) is 0 Å². The molecule has 3 heteroatoms. The minimum Gasteiger partial charge on any atom is -0.381 e. The standard InChI is InChI=1S/C10H16O2S/c1-10(4-2-6-13-10)9(11)8-3-5-12-7-8/h8H,2-7H2,1H3. The SMILES string of the molecule is CC1(C(=O)C2CCOC2)CCCS1. The second kappa shape index (κ2) is 3.62. The number of ketones is 1. The van der Waals surface area contributed by atoms with E-state index >= 15 is 0 Å². The monoisotopic (exact) mass is 200 g/mol. The van der Waals surface area contributed by atoms with Crippen LogP contribution in [0.2, 0.25) is 0 Å². The molecule has 2 unspecified atom stereocenters. The van der Waals surface area contributed by atoms with Gasteiger partial charge in [0.15, 0.2) is 5.78 Å². The van der Waals surface area contributed by atoms with Gasteiger partial charge in [-0.3, -0.25) is 4.79 Å². The third-order valence-electron chi connectivity index (χ3n) is 3.04. The third-order valence-corrected chi connectivity index (χ3v) is 4.58. The first kappa shape index (κ1) is 9.53.